The van der Waals surface area contributed by atoms with Crippen molar-refractivity contribution in [3.8, 4) is 0 Å². The Morgan fingerprint density at radius 1 is 1.00 bits per heavy atom. The number of hydrogen-bond acceptors (Lipinski definition) is 3. The van der Waals surface area contributed by atoms with Crippen LogP contribution in [0.15, 0.2) is 30.3 Å². The molecule has 2 amide bonds. The van der Waals surface area contributed by atoms with Crippen LogP contribution in [-0.4, -0.2) is 57.6 Å². The van der Waals surface area contributed by atoms with Crippen molar-refractivity contribution in [2.24, 2.45) is 0 Å². The maximum atomic E-state index is 13.7. The van der Waals surface area contributed by atoms with Gasteiger partial charge in [0.25, 0.3) is 5.91 Å². The van der Waals surface area contributed by atoms with Crippen LogP contribution in [-0.2, 0) is 24.2 Å². The van der Waals surface area contributed by atoms with Gasteiger partial charge in [0, 0.05) is 38.4 Å². The van der Waals surface area contributed by atoms with E-state index >= 15 is 0 Å². The average molecular weight is 370 g/mol. The SMILES string of the molecule is O=C(Cc1ccccc1F)N1CCN(C(=O)c2cc3n(n2)CCCC3)CC1. The first-order valence-corrected chi connectivity index (χ1v) is 9.49. The smallest absolute Gasteiger partial charge is 0.274 e. The van der Waals surface area contributed by atoms with E-state index in [0.29, 0.717) is 37.4 Å². The van der Waals surface area contributed by atoms with E-state index in [0.717, 1.165) is 31.5 Å². The van der Waals surface area contributed by atoms with Gasteiger partial charge in [0.1, 0.15) is 5.82 Å². The number of nitrogens with zero attached hydrogens (tertiary/aromatic N) is 4. The quantitative estimate of drug-likeness (QED) is 0.829. The fraction of sp³-hybridized carbons (Fsp3) is 0.450. The molecule has 0 saturated carbocycles. The third-order valence-corrected chi connectivity index (χ3v) is 5.35. The minimum atomic E-state index is -0.358. The van der Waals surface area contributed by atoms with Crippen molar-refractivity contribution in [3.05, 3.63) is 53.1 Å². The van der Waals surface area contributed by atoms with Crippen molar-refractivity contribution >= 4 is 11.8 Å². The van der Waals surface area contributed by atoms with Crippen LogP contribution >= 0.6 is 0 Å². The minimum absolute atomic E-state index is 0.0500. The van der Waals surface area contributed by atoms with Crippen molar-refractivity contribution in [1.29, 1.82) is 0 Å². The summed E-state index contributed by atoms with van der Waals surface area (Å²) in [6.45, 7) is 2.76. The van der Waals surface area contributed by atoms with Crippen molar-refractivity contribution in [1.82, 2.24) is 19.6 Å². The van der Waals surface area contributed by atoms with Gasteiger partial charge < -0.3 is 9.80 Å². The molecular weight excluding hydrogens is 347 g/mol. The highest BCUT2D eigenvalue weighted by Crippen LogP contribution is 2.17. The molecule has 1 aromatic heterocycles. The van der Waals surface area contributed by atoms with Crippen LogP contribution in [0.1, 0.15) is 34.6 Å². The highest BCUT2D eigenvalue weighted by atomic mass is 19.1. The second-order valence-corrected chi connectivity index (χ2v) is 7.14. The molecule has 1 aromatic carbocycles. The number of aryl methyl sites for hydroxylation is 2. The van der Waals surface area contributed by atoms with E-state index in [4.69, 9.17) is 0 Å². The minimum Gasteiger partial charge on any atom is -0.339 e. The molecule has 1 saturated heterocycles. The summed E-state index contributed by atoms with van der Waals surface area (Å²) >= 11 is 0. The predicted molar refractivity (Wildman–Crippen MR) is 97.8 cm³/mol. The van der Waals surface area contributed by atoms with Gasteiger partial charge >= 0.3 is 0 Å². The van der Waals surface area contributed by atoms with E-state index in [-0.39, 0.29) is 24.1 Å². The molecule has 142 valence electrons. The second kappa shape index (κ2) is 7.50. The number of aromatic nitrogens is 2. The monoisotopic (exact) mass is 370 g/mol. The molecule has 1 fully saturated rings. The van der Waals surface area contributed by atoms with Gasteiger partial charge in [-0.1, -0.05) is 18.2 Å². The average Bonchev–Trinajstić information content (AvgIpc) is 3.13. The van der Waals surface area contributed by atoms with Crippen LogP contribution in [0, 0.1) is 5.82 Å². The van der Waals surface area contributed by atoms with Crippen LogP contribution in [0.4, 0.5) is 4.39 Å². The molecule has 3 heterocycles. The summed E-state index contributed by atoms with van der Waals surface area (Å²) in [5.74, 6) is -0.536. The Hall–Kier alpha value is -2.70. The largest absolute Gasteiger partial charge is 0.339 e. The van der Waals surface area contributed by atoms with E-state index < -0.39 is 0 Å². The highest BCUT2D eigenvalue weighted by molar-refractivity contribution is 5.92. The molecule has 2 aliphatic rings. The number of carbonyl (C=O) groups excluding carboxylic acids is 2. The number of halogens is 1. The lowest BCUT2D eigenvalue weighted by Crippen LogP contribution is -2.51. The lowest BCUT2D eigenvalue weighted by molar-refractivity contribution is -0.132. The Labute approximate surface area is 157 Å². The lowest BCUT2D eigenvalue weighted by atomic mass is 10.1. The van der Waals surface area contributed by atoms with Gasteiger partial charge in [-0.25, -0.2) is 4.39 Å². The molecule has 0 aliphatic carbocycles. The Balaban J connectivity index is 1.34. The van der Waals surface area contributed by atoms with Gasteiger partial charge in [-0.2, -0.15) is 5.10 Å². The third-order valence-electron chi connectivity index (χ3n) is 5.35. The zero-order chi connectivity index (χ0) is 18.8. The summed E-state index contributed by atoms with van der Waals surface area (Å²) < 4.78 is 15.7. The van der Waals surface area contributed by atoms with Gasteiger partial charge in [-0.15, -0.1) is 0 Å². The number of amides is 2. The first kappa shape index (κ1) is 17.7. The number of carbonyl (C=O) groups is 2. The molecule has 6 nitrogen and oxygen atoms in total. The summed E-state index contributed by atoms with van der Waals surface area (Å²) in [7, 11) is 0. The zero-order valence-electron chi connectivity index (χ0n) is 15.2. The standard InChI is InChI=1S/C20H23FN4O2/c21-17-7-2-1-5-15(17)13-19(26)23-9-11-24(12-10-23)20(27)18-14-16-6-3-4-8-25(16)22-18/h1-2,5,7,14H,3-4,6,8-13H2. The molecule has 4 rings (SSSR count). The number of hydrogen-bond donors (Lipinski definition) is 0. The molecule has 2 aliphatic heterocycles. The molecule has 0 unspecified atom stereocenters. The maximum Gasteiger partial charge on any atom is 0.274 e. The van der Waals surface area contributed by atoms with Crippen molar-refractivity contribution in [2.45, 2.75) is 32.2 Å². The molecular formula is C20H23FN4O2. The van der Waals surface area contributed by atoms with E-state index in [1.54, 1.807) is 28.0 Å². The van der Waals surface area contributed by atoms with Crippen LogP contribution < -0.4 is 0 Å². The number of rotatable bonds is 3. The molecule has 0 bridgehead atoms. The van der Waals surface area contributed by atoms with Gasteiger partial charge in [-0.3, -0.25) is 14.3 Å². The topological polar surface area (TPSA) is 58.4 Å². The first-order chi connectivity index (χ1) is 13.1. The van der Waals surface area contributed by atoms with Crippen LogP contribution in [0.25, 0.3) is 0 Å². The van der Waals surface area contributed by atoms with Gasteiger partial charge in [0.05, 0.1) is 6.42 Å². The molecule has 0 atom stereocenters. The van der Waals surface area contributed by atoms with E-state index in [1.165, 1.54) is 6.07 Å². The molecule has 27 heavy (non-hydrogen) atoms. The summed E-state index contributed by atoms with van der Waals surface area (Å²) in [4.78, 5) is 28.6. The fourth-order valence-electron chi connectivity index (χ4n) is 3.76. The molecule has 0 radical (unpaired) electrons. The van der Waals surface area contributed by atoms with E-state index in [1.807, 2.05) is 10.7 Å². The molecule has 0 spiro atoms. The molecule has 0 N–H and O–H groups in total. The summed E-state index contributed by atoms with van der Waals surface area (Å²) in [6, 6.07) is 8.24. The van der Waals surface area contributed by atoms with E-state index in [9.17, 15) is 14.0 Å². The Bertz CT molecular complexity index is 832. The summed E-state index contributed by atoms with van der Waals surface area (Å²) in [5.41, 5.74) is 2.03. The summed E-state index contributed by atoms with van der Waals surface area (Å²) in [6.07, 6.45) is 3.26. The van der Waals surface area contributed by atoms with Crippen LogP contribution in [0.2, 0.25) is 0 Å². The van der Waals surface area contributed by atoms with Crippen LogP contribution in [0.3, 0.4) is 0 Å². The van der Waals surface area contributed by atoms with Gasteiger partial charge in [0.2, 0.25) is 5.91 Å². The zero-order valence-corrected chi connectivity index (χ0v) is 15.2. The normalized spacial score (nSPS) is 16.9. The van der Waals surface area contributed by atoms with Crippen molar-refractivity contribution in [3.63, 3.8) is 0 Å². The molecule has 2 aromatic rings. The second-order valence-electron chi connectivity index (χ2n) is 7.14. The predicted octanol–water partition coefficient (Wildman–Crippen LogP) is 1.89. The van der Waals surface area contributed by atoms with Crippen molar-refractivity contribution < 1.29 is 14.0 Å². The van der Waals surface area contributed by atoms with Crippen LogP contribution in [0.5, 0.6) is 0 Å². The lowest BCUT2D eigenvalue weighted by Gasteiger charge is -2.34. The van der Waals surface area contributed by atoms with Gasteiger partial charge in [0.15, 0.2) is 5.69 Å². The van der Waals surface area contributed by atoms with Crippen molar-refractivity contribution in [2.75, 3.05) is 26.2 Å². The fourth-order valence-corrected chi connectivity index (χ4v) is 3.76. The Kier molecular flexibility index (Phi) is 4.92. The van der Waals surface area contributed by atoms with E-state index in [2.05, 4.69) is 5.10 Å². The molecule has 7 heteroatoms. The van der Waals surface area contributed by atoms with Gasteiger partial charge in [-0.05, 0) is 37.0 Å². The number of fused-ring (bicyclic) bond motifs is 1. The third kappa shape index (κ3) is 3.72. The maximum absolute atomic E-state index is 13.7. The Morgan fingerprint density at radius 2 is 1.74 bits per heavy atom. The number of benzene rings is 1. The first-order valence-electron chi connectivity index (χ1n) is 9.49. The highest BCUT2D eigenvalue weighted by Gasteiger charge is 2.27. The number of piperazine rings is 1. The Morgan fingerprint density at radius 3 is 2.48 bits per heavy atom. The summed E-state index contributed by atoms with van der Waals surface area (Å²) in [5, 5.41) is 4.45.